The molecule has 1 amide bonds. The Kier molecular flexibility index (Phi) is 7.39. The van der Waals surface area contributed by atoms with Crippen LogP contribution in [0.5, 0.6) is 0 Å². The van der Waals surface area contributed by atoms with Crippen molar-refractivity contribution in [2.45, 2.75) is 47.1 Å². The zero-order valence-corrected chi connectivity index (χ0v) is 12.0. The van der Waals surface area contributed by atoms with E-state index in [1.54, 1.807) is 4.90 Å². The standard InChI is InChI=1S/C13H28N2O2/c1-6-15(8-9-17-7-2)12(16)10-11(14)13(3,4)5/h11H,6-10,14H2,1-5H3. The smallest absolute Gasteiger partial charge is 0.224 e. The van der Waals surface area contributed by atoms with Crippen LogP contribution in [0.3, 0.4) is 0 Å². The molecule has 0 aromatic carbocycles. The van der Waals surface area contributed by atoms with E-state index >= 15 is 0 Å². The molecule has 0 spiro atoms. The number of rotatable bonds is 7. The van der Waals surface area contributed by atoms with Crippen LogP contribution in [0.25, 0.3) is 0 Å². The van der Waals surface area contributed by atoms with Crippen molar-refractivity contribution >= 4 is 5.91 Å². The van der Waals surface area contributed by atoms with Crippen LogP contribution in [0.2, 0.25) is 0 Å². The zero-order chi connectivity index (χ0) is 13.5. The third kappa shape index (κ3) is 6.64. The number of nitrogens with two attached hydrogens (primary N) is 1. The van der Waals surface area contributed by atoms with Crippen molar-refractivity contribution < 1.29 is 9.53 Å². The molecule has 0 fully saturated rings. The van der Waals surface area contributed by atoms with Crippen LogP contribution >= 0.6 is 0 Å². The number of ether oxygens (including phenoxy) is 1. The van der Waals surface area contributed by atoms with Gasteiger partial charge in [-0.05, 0) is 19.3 Å². The van der Waals surface area contributed by atoms with Gasteiger partial charge in [0.15, 0.2) is 0 Å². The summed E-state index contributed by atoms with van der Waals surface area (Å²) < 4.78 is 5.26. The second-order valence-corrected chi connectivity index (χ2v) is 5.35. The summed E-state index contributed by atoms with van der Waals surface area (Å²) in [5, 5.41) is 0. The van der Waals surface area contributed by atoms with Crippen molar-refractivity contribution in [3.8, 4) is 0 Å². The van der Waals surface area contributed by atoms with Crippen LogP contribution in [0.1, 0.15) is 41.0 Å². The number of hydrogen-bond acceptors (Lipinski definition) is 3. The molecule has 0 aliphatic carbocycles. The summed E-state index contributed by atoms with van der Waals surface area (Å²) in [5.41, 5.74) is 5.99. The molecule has 0 bridgehead atoms. The molecular weight excluding hydrogens is 216 g/mol. The third-order valence-corrected chi connectivity index (χ3v) is 2.95. The van der Waals surface area contributed by atoms with Crippen LogP contribution < -0.4 is 5.73 Å². The number of likely N-dealkylation sites (N-methyl/N-ethyl adjacent to an activating group) is 1. The molecule has 17 heavy (non-hydrogen) atoms. The molecule has 0 radical (unpaired) electrons. The number of carbonyl (C=O) groups excluding carboxylic acids is 1. The molecule has 0 saturated carbocycles. The Labute approximate surface area is 105 Å². The summed E-state index contributed by atoms with van der Waals surface area (Å²) >= 11 is 0. The Morgan fingerprint density at radius 2 is 1.94 bits per heavy atom. The maximum Gasteiger partial charge on any atom is 0.224 e. The first-order chi connectivity index (χ1) is 7.82. The summed E-state index contributed by atoms with van der Waals surface area (Å²) in [6.07, 6.45) is 0.406. The molecule has 1 unspecified atom stereocenters. The lowest BCUT2D eigenvalue weighted by atomic mass is 9.85. The first-order valence-electron chi connectivity index (χ1n) is 6.44. The zero-order valence-electron chi connectivity index (χ0n) is 12.0. The fourth-order valence-corrected chi connectivity index (χ4v) is 1.40. The number of amides is 1. The van der Waals surface area contributed by atoms with Crippen LogP contribution in [-0.4, -0.2) is 43.2 Å². The van der Waals surface area contributed by atoms with Crippen molar-refractivity contribution in [2.24, 2.45) is 11.1 Å². The van der Waals surface area contributed by atoms with Gasteiger partial charge in [0.25, 0.3) is 0 Å². The Bertz CT molecular complexity index is 224. The largest absolute Gasteiger partial charge is 0.380 e. The molecule has 1 atom stereocenters. The fourth-order valence-electron chi connectivity index (χ4n) is 1.40. The Hall–Kier alpha value is -0.610. The summed E-state index contributed by atoms with van der Waals surface area (Å²) in [6.45, 7) is 12.8. The van der Waals surface area contributed by atoms with E-state index in [1.807, 2.05) is 13.8 Å². The van der Waals surface area contributed by atoms with E-state index in [4.69, 9.17) is 10.5 Å². The lowest BCUT2D eigenvalue weighted by Crippen LogP contribution is -2.42. The van der Waals surface area contributed by atoms with E-state index in [1.165, 1.54) is 0 Å². The summed E-state index contributed by atoms with van der Waals surface area (Å²) in [4.78, 5) is 13.8. The lowest BCUT2D eigenvalue weighted by Gasteiger charge is -2.29. The molecule has 0 saturated heterocycles. The van der Waals surface area contributed by atoms with Gasteiger partial charge in [-0.3, -0.25) is 4.79 Å². The van der Waals surface area contributed by atoms with E-state index < -0.39 is 0 Å². The third-order valence-electron chi connectivity index (χ3n) is 2.95. The molecule has 102 valence electrons. The van der Waals surface area contributed by atoms with Gasteiger partial charge in [-0.1, -0.05) is 20.8 Å². The van der Waals surface area contributed by atoms with Gasteiger partial charge in [-0.25, -0.2) is 0 Å². The SMILES string of the molecule is CCOCCN(CC)C(=O)CC(N)C(C)(C)C. The average Bonchev–Trinajstić information content (AvgIpc) is 2.22. The van der Waals surface area contributed by atoms with E-state index in [0.29, 0.717) is 32.7 Å². The van der Waals surface area contributed by atoms with E-state index in [9.17, 15) is 4.79 Å². The minimum absolute atomic E-state index is 0.0327. The van der Waals surface area contributed by atoms with Crippen molar-refractivity contribution in [2.75, 3.05) is 26.3 Å². The molecule has 0 aromatic heterocycles. The van der Waals surface area contributed by atoms with Crippen molar-refractivity contribution in [3.05, 3.63) is 0 Å². The van der Waals surface area contributed by atoms with E-state index in [-0.39, 0.29) is 17.4 Å². The maximum absolute atomic E-state index is 12.0. The highest BCUT2D eigenvalue weighted by atomic mass is 16.5. The number of hydrogen-bond donors (Lipinski definition) is 1. The van der Waals surface area contributed by atoms with E-state index in [2.05, 4.69) is 20.8 Å². The molecule has 4 heteroatoms. The van der Waals surface area contributed by atoms with Crippen LogP contribution in [0.15, 0.2) is 0 Å². The highest BCUT2D eigenvalue weighted by Gasteiger charge is 2.25. The molecule has 0 rings (SSSR count). The quantitative estimate of drug-likeness (QED) is 0.693. The topological polar surface area (TPSA) is 55.6 Å². The highest BCUT2D eigenvalue weighted by molar-refractivity contribution is 5.76. The second-order valence-electron chi connectivity index (χ2n) is 5.35. The second kappa shape index (κ2) is 7.67. The molecular formula is C13H28N2O2. The van der Waals surface area contributed by atoms with Gasteiger partial charge in [0.05, 0.1) is 6.61 Å². The van der Waals surface area contributed by atoms with Gasteiger partial charge in [-0.15, -0.1) is 0 Å². The minimum atomic E-state index is -0.101. The Morgan fingerprint density at radius 3 is 2.35 bits per heavy atom. The van der Waals surface area contributed by atoms with Crippen LogP contribution in [0, 0.1) is 5.41 Å². The monoisotopic (exact) mass is 244 g/mol. The molecule has 0 aliphatic heterocycles. The van der Waals surface area contributed by atoms with Crippen LogP contribution in [-0.2, 0) is 9.53 Å². The summed E-state index contributed by atoms with van der Waals surface area (Å²) in [6, 6.07) is -0.101. The van der Waals surface area contributed by atoms with Gasteiger partial charge < -0.3 is 15.4 Å². The summed E-state index contributed by atoms with van der Waals surface area (Å²) in [7, 11) is 0. The maximum atomic E-state index is 12.0. The van der Waals surface area contributed by atoms with Gasteiger partial charge >= 0.3 is 0 Å². The summed E-state index contributed by atoms with van der Waals surface area (Å²) in [5.74, 6) is 0.120. The number of carbonyl (C=O) groups is 1. The van der Waals surface area contributed by atoms with E-state index in [0.717, 1.165) is 0 Å². The highest BCUT2D eigenvalue weighted by Crippen LogP contribution is 2.20. The predicted molar refractivity (Wildman–Crippen MR) is 70.8 cm³/mol. The Balaban J connectivity index is 4.16. The first kappa shape index (κ1) is 16.4. The van der Waals surface area contributed by atoms with Crippen LogP contribution in [0.4, 0.5) is 0 Å². The molecule has 2 N–H and O–H groups in total. The lowest BCUT2D eigenvalue weighted by molar-refractivity contribution is -0.132. The molecule has 0 heterocycles. The van der Waals surface area contributed by atoms with Gasteiger partial charge in [0, 0.05) is 32.2 Å². The fraction of sp³-hybridized carbons (Fsp3) is 0.923. The van der Waals surface area contributed by atoms with Gasteiger partial charge in [-0.2, -0.15) is 0 Å². The average molecular weight is 244 g/mol. The molecule has 0 aromatic rings. The van der Waals surface area contributed by atoms with Crippen molar-refractivity contribution in [3.63, 3.8) is 0 Å². The van der Waals surface area contributed by atoms with Crippen molar-refractivity contribution in [1.82, 2.24) is 4.90 Å². The van der Waals surface area contributed by atoms with Gasteiger partial charge in [0.2, 0.25) is 5.91 Å². The number of nitrogens with zero attached hydrogens (tertiary/aromatic N) is 1. The first-order valence-corrected chi connectivity index (χ1v) is 6.44. The normalized spacial score (nSPS) is 13.5. The minimum Gasteiger partial charge on any atom is -0.380 e. The molecule has 4 nitrogen and oxygen atoms in total. The van der Waals surface area contributed by atoms with Gasteiger partial charge in [0.1, 0.15) is 0 Å². The van der Waals surface area contributed by atoms with Crippen molar-refractivity contribution in [1.29, 1.82) is 0 Å². The predicted octanol–water partition coefficient (Wildman–Crippen LogP) is 1.63. The Morgan fingerprint density at radius 1 is 1.35 bits per heavy atom. The molecule has 0 aliphatic rings.